The van der Waals surface area contributed by atoms with E-state index in [1.165, 1.54) is 0 Å². The van der Waals surface area contributed by atoms with Crippen LogP contribution in [-0.2, 0) is 9.59 Å². The van der Waals surface area contributed by atoms with Gasteiger partial charge >= 0.3 is 6.18 Å². The van der Waals surface area contributed by atoms with E-state index in [9.17, 15) is 22.8 Å². The van der Waals surface area contributed by atoms with Crippen LogP contribution in [0.4, 0.5) is 13.2 Å². The zero-order chi connectivity index (χ0) is 20.0. The third-order valence-corrected chi connectivity index (χ3v) is 5.30. The van der Waals surface area contributed by atoms with Gasteiger partial charge in [0, 0.05) is 26.1 Å². The van der Waals surface area contributed by atoms with Crippen molar-refractivity contribution in [3.8, 4) is 0 Å². The fourth-order valence-electron chi connectivity index (χ4n) is 3.89. The molecular formula is C19H32F3N3O2. The Hall–Kier alpha value is -1.31. The van der Waals surface area contributed by atoms with E-state index in [0.29, 0.717) is 25.4 Å². The maximum absolute atomic E-state index is 12.8. The van der Waals surface area contributed by atoms with Gasteiger partial charge in [0.05, 0.1) is 6.54 Å². The van der Waals surface area contributed by atoms with Gasteiger partial charge in [-0.15, -0.1) is 0 Å². The smallest absolute Gasteiger partial charge is 0.343 e. The topological polar surface area (TPSA) is 43.9 Å². The highest BCUT2D eigenvalue weighted by Crippen LogP contribution is 2.23. The number of halogens is 3. The molecule has 2 fully saturated rings. The Balaban J connectivity index is 1.77. The minimum absolute atomic E-state index is 0.0152. The summed E-state index contributed by atoms with van der Waals surface area (Å²) in [5.41, 5.74) is 0. The SMILES string of the molecule is CC(C)CN(CC(F)(F)F)C(=O)CN1CCC(CC(=O)N2CCCC2)CC1. The Kier molecular flexibility index (Phi) is 7.94. The highest BCUT2D eigenvalue weighted by atomic mass is 19.4. The molecule has 0 aromatic heterocycles. The summed E-state index contributed by atoms with van der Waals surface area (Å²) >= 11 is 0. The minimum Gasteiger partial charge on any atom is -0.343 e. The Labute approximate surface area is 159 Å². The first-order valence-corrected chi connectivity index (χ1v) is 9.98. The van der Waals surface area contributed by atoms with Crippen molar-refractivity contribution in [2.24, 2.45) is 11.8 Å². The summed E-state index contributed by atoms with van der Waals surface area (Å²) in [4.78, 5) is 29.4. The lowest BCUT2D eigenvalue weighted by atomic mass is 9.93. The molecule has 2 rings (SSSR count). The van der Waals surface area contributed by atoms with Crippen LogP contribution in [0, 0.1) is 11.8 Å². The normalized spacial score (nSPS) is 19.7. The number of nitrogens with zero attached hydrogens (tertiary/aromatic N) is 3. The number of hydrogen-bond acceptors (Lipinski definition) is 3. The van der Waals surface area contributed by atoms with Crippen molar-refractivity contribution in [1.82, 2.24) is 14.7 Å². The lowest BCUT2D eigenvalue weighted by molar-refractivity contribution is -0.163. The van der Waals surface area contributed by atoms with Crippen LogP contribution >= 0.6 is 0 Å². The van der Waals surface area contributed by atoms with Crippen molar-refractivity contribution in [2.75, 3.05) is 45.8 Å². The van der Waals surface area contributed by atoms with Gasteiger partial charge in [-0.1, -0.05) is 13.8 Å². The van der Waals surface area contributed by atoms with Crippen LogP contribution in [0.1, 0.15) is 46.0 Å². The molecule has 0 aromatic carbocycles. The molecule has 156 valence electrons. The average molecular weight is 391 g/mol. The first-order chi connectivity index (χ1) is 12.6. The predicted molar refractivity (Wildman–Crippen MR) is 97.1 cm³/mol. The van der Waals surface area contributed by atoms with Crippen LogP contribution in [0.2, 0.25) is 0 Å². The third kappa shape index (κ3) is 7.68. The average Bonchev–Trinajstić information content (AvgIpc) is 3.09. The third-order valence-electron chi connectivity index (χ3n) is 5.30. The maximum atomic E-state index is 12.8. The van der Waals surface area contributed by atoms with Crippen molar-refractivity contribution in [3.63, 3.8) is 0 Å². The number of piperidine rings is 1. The number of rotatable bonds is 7. The molecule has 27 heavy (non-hydrogen) atoms. The molecule has 2 saturated heterocycles. The lowest BCUT2D eigenvalue weighted by Gasteiger charge is -2.34. The van der Waals surface area contributed by atoms with Gasteiger partial charge in [-0.3, -0.25) is 14.5 Å². The molecule has 2 heterocycles. The summed E-state index contributed by atoms with van der Waals surface area (Å²) in [7, 11) is 0. The molecule has 0 unspecified atom stereocenters. The molecule has 0 N–H and O–H groups in total. The minimum atomic E-state index is -4.38. The first-order valence-electron chi connectivity index (χ1n) is 9.98. The zero-order valence-corrected chi connectivity index (χ0v) is 16.4. The Bertz CT molecular complexity index is 497. The summed E-state index contributed by atoms with van der Waals surface area (Å²) < 4.78 is 38.3. The van der Waals surface area contributed by atoms with E-state index in [0.717, 1.165) is 43.7 Å². The van der Waals surface area contributed by atoms with E-state index in [1.54, 1.807) is 13.8 Å². The van der Waals surface area contributed by atoms with Crippen molar-refractivity contribution < 1.29 is 22.8 Å². The molecule has 5 nitrogen and oxygen atoms in total. The second-order valence-corrected chi connectivity index (χ2v) is 8.29. The quantitative estimate of drug-likeness (QED) is 0.670. The molecule has 8 heteroatoms. The molecule has 0 spiro atoms. The van der Waals surface area contributed by atoms with Crippen molar-refractivity contribution in [3.05, 3.63) is 0 Å². The van der Waals surface area contributed by atoms with Crippen LogP contribution in [-0.4, -0.2) is 78.5 Å². The Morgan fingerprint density at radius 3 is 2.19 bits per heavy atom. The second kappa shape index (κ2) is 9.75. The van der Waals surface area contributed by atoms with Gasteiger partial charge in [-0.2, -0.15) is 13.2 Å². The van der Waals surface area contributed by atoms with Crippen LogP contribution < -0.4 is 0 Å². The number of carbonyl (C=O) groups excluding carboxylic acids is 2. The predicted octanol–water partition coefficient (Wildman–Crippen LogP) is 2.76. The van der Waals surface area contributed by atoms with E-state index in [2.05, 4.69) is 0 Å². The molecule has 0 aliphatic carbocycles. The summed E-state index contributed by atoms with van der Waals surface area (Å²) in [6.07, 6.45) is -0.0381. The summed E-state index contributed by atoms with van der Waals surface area (Å²) in [6, 6.07) is 0. The highest BCUT2D eigenvalue weighted by molar-refractivity contribution is 5.78. The fourth-order valence-corrected chi connectivity index (χ4v) is 3.89. The number of likely N-dealkylation sites (tertiary alicyclic amines) is 2. The largest absolute Gasteiger partial charge is 0.406 e. The van der Waals surface area contributed by atoms with E-state index >= 15 is 0 Å². The highest BCUT2D eigenvalue weighted by Gasteiger charge is 2.34. The van der Waals surface area contributed by atoms with Crippen molar-refractivity contribution >= 4 is 11.8 Å². The number of carbonyl (C=O) groups is 2. The van der Waals surface area contributed by atoms with Crippen LogP contribution in [0.3, 0.4) is 0 Å². The summed E-state index contributed by atoms with van der Waals surface area (Å²) in [6.45, 7) is 5.59. The monoisotopic (exact) mass is 391 g/mol. The molecule has 0 bridgehead atoms. The maximum Gasteiger partial charge on any atom is 0.406 e. The van der Waals surface area contributed by atoms with Gasteiger partial charge in [0.15, 0.2) is 0 Å². The van der Waals surface area contributed by atoms with E-state index in [-0.39, 0.29) is 24.9 Å². The molecule has 0 atom stereocenters. The molecule has 2 amide bonds. The summed E-state index contributed by atoms with van der Waals surface area (Å²) in [5, 5.41) is 0. The van der Waals surface area contributed by atoms with E-state index in [1.807, 2.05) is 9.80 Å². The molecule has 0 saturated carbocycles. The van der Waals surface area contributed by atoms with Gasteiger partial charge in [0.1, 0.15) is 6.54 Å². The second-order valence-electron chi connectivity index (χ2n) is 8.29. The van der Waals surface area contributed by atoms with Gasteiger partial charge in [0.25, 0.3) is 0 Å². The Morgan fingerprint density at radius 2 is 1.67 bits per heavy atom. The zero-order valence-electron chi connectivity index (χ0n) is 16.4. The number of hydrogen-bond donors (Lipinski definition) is 0. The molecular weight excluding hydrogens is 359 g/mol. The first kappa shape index (κ1) is 22.0. The van der Waals surface area contributed by atoms with E-state index < -0.39 is 18.6 Å². The number of alkyl halides is 3. The summed E-state index contributed by atoms with van der Waals surface area (Å²) in [5.74, 6) is 0.0490. The molecule has 0 radical (unpaired) electrons. The van der Waals surface area contributed by atoms with Gasteiger partial charge in [0.2, 0.25) is 11.8 Å². The molecule has 2 aliphatic heterocycles. The van der Waals surface area contributed by atoms with Gasteiger partial charge < -0.3 is 9.80 Å². The van der Waals surface area contributed by atoms with Crippen molar-refractivity contribution in [2.45, 2.75) is 52.1 Å². The van der Waals surface area contributed by atoms with E-state index in [4.69, 9.17) is 0 Å². The van der Waals surface area contributed by atoms with Crippen LogP contribution in [0.25, 0.3) is 0 Å². The fraction of sp³-hybridized carbons (Fsp3) is 0.895. The number of amides is 2. The molecule has 2 aliphatic rings. The van der Waals surface area contributed by atoms with Crippen LogP contribution in [0.15, 0.2) is 0 Å². The van der Waals surface area contributed by atoms with Crippen molar-refractivity contribution in [1.29, 1.82) is 0 Å². The standard InChI is InChI=1S/C19H32F3N3O2/c1-15(2)12-25(14-19(20,21)22)18(27)13-23-9-5-16(6-10-23)11-17(26)24-7-3-4-8-24/h15-16H,3-14H2,1-2H3. The molecule has 0 aromatic rings. The Morgan fingerprint density at radius 1 is 1.07 bits per heavy atom. The van der Waals surface area contributed by atoms with Gasteiger partial charge in [-0.25, -0.2) is 0 Å². The van der Waals surface area contributed by atoms with Gasteiger partial charge in [-0.05, 0) is 50.6 Å². The lowest BCUT2D eigenvalue weighted by Crippen LogP contribution is -2.47. The van der Waals surface area contributed by atoms with Crippen LogP contribution in [0.5, 0.6) is 0 Å².